The molecule has 154 valence electrons. The predicted molar refractivity (Wildman–Crippen MR) is 116 cm³/mol. The van der Waals surface area contributed by atoms with Crippen molar-refractivity contribution in [3.05, 3.63) is 59.2 Å². The monoisotopic (exact) mass is 391 g/mol. The molecule has 1 N–H and O–H groups in total. The van der Waals surface area contributed by atoms with E-state index in [1.54, 1.807) is 7.11 Å². The van der Waals surface area contributed by atoms with E-state index in [2.05, 4.69) is 54.7 Å². The van der Waals surface area contributed by atoms with Crippen LogP contribution in [0.2, 0.25) is 0 Å². The molecule has 0 unspecified atom stereocenters. The van der Waals surface area contributed by atoms with E-state index in [1.165, 1.54) is 55.2 Å². The van der Waals surface area contributed by atoms with Crippen LogP contribution < -0.4 is 14.8 Å². The Balaban J connectivity index is 1.23. The van der Waals surface area contributed by atoms with E-state index in [4.69, 9.17) is 9.47 Å². The van der Waals surface area contributed by atoms with Gasteiger partial charge in [0.1, 0.15) is 6.61 Å². The van der Waals surface area contributed by atoms with E-state index in [9.17, 15) is 0 Å². The van der Waals surface area contributed by atoms with E-state index < -0.39 is 0 Å². The summed E-state index contributed by atoms with van der Waals surface area (Å²) < 4.78 is 11.7. The molecule has 0 heterocycles. The lowest BCUT2D eigenvalue weighted by atomic mass is 9.53. The van der Waals surface area contributed by atoms with E-state index in [-0.39, 0.29) is 0 Å². The molecule has 4 aliphatic carbocycles. The zero-order chi connectivity index (χ0) is 19.8. The summed E-state index contributed by atoms with van der Waals surface area (Å²) in [7, 11) is 1.73. The number of methoxy groups -OCH3 is 1. The Hall–Kier alpha value is -2.00. The van der Waals surface area contributed by atoms with Gasteiger partial charge in [0.15, 0.2) is 11.5 Å². The van der Waals surface area contributed by atoms with Crippen molar-refractivity contribution in [2.24, 2.45) is 17.8 Å². The van der Waals surface area contributed by atoms with Crippen LogP contribution in [0, 0.1) is 24.7 Å². The Kier molecular flexibility index (Phi) is 5.03. The first-order valence-corrected chi connectivity index (χ1v) is 11.2. The number of rotatable bonds is 7. The fourth-order valence-electron chi connectivity index (χ4n) is 6.52. The van der Waals surface area contributed by atoms with Crippen molar-refractivity contribution in [3.63, 3.8) is 0 Å². The molecule has 4 fully saturated rings. The summed E-state index contributed by atoms with van der Waals surface area (Å²) >= 11 is 0. The van der Waals surface area contributed by atoms with Crippen molar-refractivity contribution in [2.75, 3.05) is 7.11 Å². The van der Waals surface area contributed by atoms with Crippen LogP contribution in [-0.4, -0.2) is 12.6 Å². The Morgan fingerprint density at radius 2 is 1.62 bits per heavy atom. The number of nitrogens with one attached hydrogen (secondary N) is 1. The maximum Gasteiger partial charge on any atom is 0.161 e. The van der Waals surface area contributed by atoms with Crippen molar-refractivity contribution in [1.82, 2.24) is 5.32 Å². The largest absolute Gasteiger partial charge is 0.493 e. The molecule has 4 aliphatic rings. The smallest absolute Gasteiger partial charge is 0.161 e. The highest BCUT2D eigenvalue weighted by atomic mass is 16.5. The average Bonchev–Trinajstić information content (AvgIpc) is 2.70. The molecule has 4 bridgehead atoms. The molecule has 2 aromatic rings. The van der Waals surface area contributed by atoms with Gasteiger partial charge in [-0.15, -0.1) is 0 Å². The normalized spacial score (nSPS) is 29.8. The van der Waals surface area contributed by atoms with E-state index in [0.717, 1.165) is 35.8 Å². The third-order valence-electron chi connectivity index (χ3n) is 7.41. The van der Waals surface area contributed by atoms with Gasteiger partial charge in [-0.2, -0.15) is 0 Å². The summed E-state index contributed by atoms with van der Waals surface area (Å²) in [5.74, 6) is 4.55. The lowest BCUT2D eigenvalue weighted by Crippen LogP contribution is -2.58. The Morgan fingerprint density at radius 3 is 2.28 bits per heavy atom. The van der Waals surface area contributed by atoms with Crippen LogP contribution in [0.4, 0.5) is 0 Å². The minimum absolute atomic E-state index is 0.391. The number of aryl methyl sites for hydroxylation is 1. The number of hydrogen-bond acceptors (Lipinski definition) is 3. The van der Waals surface area contributed by atoms with Crippen LogP contribution in [0.5, 0.6) is 11.5 Å². The third-order valence-corrected chi connectivity index (χ3v) is 7.41. The topological polar surface area (TPSA) is 30.5 Å². The predicted octanol–water partition coefficient (Wildman–Crippen LogP) is 5.64. The molecule has 0 aromatic heterocycles. The van der Waals surface area contributed by atoms with E-state index in [1.807, 2.05) is 0 Å². The van der Waals surface area contributed by atoms with E-state index >= 15 is 0 Å². The molecule has 0 spiro atoms. The molecular weight excluding hydrogens is 358 g/mol. The van der Waals surface area contributed by atoms with Crippen LogP contribution in [0.25, 0.3) is 0 Å². The minimum atomic E-state index is 0.391. The first-order chi connectivity index (χ1) is 14.1. The van der Waals surface area contributed by atoms with Crippen LogP contribution in [0.15, 0.2) is 42.5 Å². The molecule has 29 heavy (non-hydrogen) atoms. The lowest BCUT2D eigenvalue weighted by molar-refractivity contribution is -0.0206. The molecular formula is C26H33NO2. The van der Waals surface area contributed by atoms with Crippen LogP contribution in [0.1, 0.15) is 55.2 Å². The van der Waals surface area contributed by atoms with E-state index in [0.29, 0.717) is 12.1 Å². The summed E-state index contributed by atoms with van der Waals surface area (Å²) in [6, 6.07) is 14.8. The maximum absolute atomic E-state index is 6.06. The van der Waals surface area contributed by atoms with Crippen LogP contribution >= 0.6 is 0 Å². The van der Waals surface area contributed by atoms with Gasteiger partial charge >= 0.3 is 0 Å². The second kappa shape index (κ2) is 7.68. The molecule has 3 nitrogen and oxygen atoms in total. The highest BCUT2D eigenvalue weighted by Gasteiger charge is 2.50. The quantitative estimate of drug-likeness (QED) is 0.662. The highest BCUT2D eigenvalue weighted by molar-refractivity contribution is 5.43. The number of benzene rings is 2. The fraction of sp³-hybridized carbons (Fsp3) is 0.538. The summed E-state index contributed by atoms with van der Waals surface area (Å²) in [5.41, 5.74) is 4.10. The van der Waals surface area contributed by atoms with Gasteiger partial charge in [0.2, 0.25) is 0 Å². The van der Waals surface area contributed by atoms with Gasteiger partial charge in [-0.25, -0.2) is 0 Å². The molecule has 0 radical (unpaired) electrons. The lowest BCUT2D eigenvalue weighted by Gasteiger charge is -2.57. The molecule has 0 amide bonds. The van der Waals surface area contributed by atoms with Crippen molar-refractivity contribution in [1.29, 1.82) is 0 Å². The fourth-order valence-corrected chi connectivity index (χ4v) is 6.52. The van der Waals surface area contributed by atoms with Crippen LogP contribution in [0.3, 0.4) is 0 Å². The summed E-state index contributed by atoms with van der Waals surface area (Å²) in [4.78, 5) is 0. The summed E-state index contributed by atoms with van der Waals surface area (Å²) in [6.45, 7) is 3.58. The van der Waals surface area contributed by atoms with Gasteiger partial charge in [0.05, 0.1) is 7.11 Å². The second-order valence-electron chi connectivity index (χ2n) is 9.81. The number of ether oxygens (including phenoxy) is 2. The minimum Gasteiger partial charge on any atom is -0.493 e. The Morgan fingerprint density at radius 1 is 0.897 bits per heavy atom. The average molecular weight is 392 g/mol. The zero-order valence-electron chi connectivity index (χ0n) is 17.7. The van der Waals surface area contributed by atoms with Gasteiger partial charge in [0.25, 0.3) is 0 Å². The highest BCUT2D eigenvalue weighted by Crippen LogP contribution is 2.55. The van der Waals surface area contributed by atoms with Crippen molar-refractivity contribution < 1.29 is 9.47 Å². The third kappa shape index (κ3) is 4.02. The van der Waals surface area contributed by atoms with Gasteiger partial charge in [-0.05, 0) is 86.5 Å². The SMILES string of the molecule is COc1cc(CNC23CC4CC(CC(C4)C2)C3)ccc1OCc1cccc(C)c1. The van der Waals surface area contributed by atoms with Crippen molar-refractivity contribution in [3.8, 4) is 11.5 Å². The molecule has 6 rings (SSSR count). The molecule has 0 saturated heterocycles. The van der Waals surface area contributed by atoms with Crippen molar-refractivity contribution in [2.45, 2.75) is 64.1 Å². The van der Waals surface area contributed by atoms with Crippen LogP contribution in [-0.2, 0) is 13.2 Å². The Labute approximate surface area is 174 Å². The number of hydrogen-bond donors (Lipinski definition) is 1. The van der Waals surface area contributed by atoms with Gasteiger partial charge in [-0.1, -0.05) is 35.9 Å². The molecule has 3 heteroatoms. The summed E-state index contributed by atoms with van der Waals surface area (Å²) in [5, 5.41) is 3.98. The first-order valence-electron chi connectivity index (χ1n) is 11.2. The molecule has 0 aliphatic heterocycles. The maximum atomic E-state index is 6.06. The van der Waals surface area contributed by atoms with Crippen molar-refractivity contribution >= 4 is 0 Å². The molecule has 4 saturated carbocycles. The molecule has 2 aromatic carbocycles. The summed E-state index contributed by atoms with van der Waals surface area (Å²) in [6.07, 6.45) is 8.61. The van der Waals surface area contributed by atoms with Gasteiger partial charge in [0, 0.05) is 12.1 Å². The molecule has 0 atom stereocenters. The second-order valence-corrected chi connectivity index (χ2v) is 9.81. The Bertz CT molecular complexity index is 839. The first kappa shape index (κ1) is 19.0. The zero-order valence-corrected chi connectivity index (χ0v) is 17.7. The standard InChI is InChI=1S/C26H33NO2/c1-18-4-3-5-20(8-18)17-29-24-7-6-19(12-25(24)28-2)16-27-26-13-21-9-22(14-26)11-23(10-21)15-26/h3-8,12,21-23,27H,9-11,13-17H2,1-2H3. The van der Waals surface area contributed by atoms with Gasteiger partial charge in [-0.3, -0.25) is 0 Å². The van der Waals surface area contributed by atoms with Gasteiger partial charge < -0.3 is 14.8 Å².